The third-order valence-corrected chi connectivity index (χ3v) is 5.18. The first-order valence-corrected chi connectivity index (χ1v) is 10.0. The lowest BCUT2D eigenvalue weighted by Gasteiger charge is -2.23. The number of ether oxygens (including phenoxy) is 2. The Morgan fingerprint density at radius 2 is 1.45 bits per heavy atom. The van der Waals surface area contributed by atoms with Crippen LogP contribution < -0.4 is 20.3 Å². The van der Waals surface area contributed by atoms with E-state index in [1.807, 2.05) is 30.3 Å². The number of nitrogens with one attached hydrogen (secondary N) is 2. The third kappa shape index (κ3) is 6.63. The molecule has 31 heavy (non-hydrogen) atoms. The lowest BCUT2D eigenvalue weighted by Crippen LogP contribution is -2.47. The zero-order chi connectivity index (χ0) is 23.0. The molecule has 8 nitrogen and oxygen atoms in total. The fourth-order valence-electron chi connectivity index (χ4n) is 2.64. The molecule has 0 heterocycles. The van der Waals surface area contributed by atoms with Gasteiger partial charge in [-0.25, -0.2) is 0 Å². The first-order valence-electron chi connectivity index (χ1n) is 9.19. The molecular formula is C21H24N4O4S2. The number of hydrogen-bond acceptors (Lipinski definition) is 6. The molecule has 2 N–H and O–H groups in total. The summed E-state index contributed by atoms with van der Waals surface area (Å²) < 4.78 is 10.5. The quantitative estimate of drug-likeness (QED) is 0.385. The van der Waals surface area contributed by atoms with Gasteiger partial charge in [-0.1, -0.05) is 54.8 Å². The first-order chi connectivity index (χ1) is 14.8. The molecule has 2 rings (SSSR count). The molecule has 0 atom stereocenters. The summed E-state index contributed by atoms with van der Waals surface area (Å²) in [7, 11) is 6.25. The Morgan fingerprint density at radius 3 is 2.00 bits per heavy atom. The number of carbonyl (C=O) groups excluding carboxylic acids is 2. The van der Waals surface area contributed by atoms with Gasteiger partial charge in [0.05, 0.1) is 19.8 Å². The van der Waals surface area contributed by atoms with Crippen molar-refractivity contribution in [3.63, 3.8) is 0 Å². The molecule has 0 unspecified atom stereocenters. The summed E-state index contributed by atoms with van der Waals surface area (Å²) in [4.78, 5) is 25.3. The third-order valence-electron chi connectivity index (χ3n) is 4.17. The van der Waals surface area contributed by atoms with Gasteiger partial charge in [0.15, 0.2) is 0 Å². The molecule has 0 aliphatic rings. The highest BCUT2D eigenvalue weighted by Crippen LogP contribution is 2.25. The monoisotopic (exact) mass is 460 g/mol. The minimum atomic E-state index is -0.539. The standard InChI is InChI=1S/C21H24N4O4S2/c1-24(20(30)14-8-6-5-7-9-14)22-18(26)13-19(27)23-25(2)21(31)16-12-15(28-3)10-11-17(16)29-4/h5-12H,13H2,1-4H3,(H,22,26)(H,23,27). The average molecular weight is 461 g/mol. The van der Waals surface area contributed by atoms with Crippen LogP contribution in [0.2, 0.25) is 0 Å². The Bertz CT molecular complexity index is 969. The fourth-order valence-corrected chi connectivity index (χ4v) is 3.02. The number of rotatable bonds is 6. The summed E-state index contributed by atoms with van der Waals surface area (Å²) in [6.45, 7) is 0. The molecule has 0 aliphatic carbocycles. The highest BCUT2D eigenvalue weighted by atomic mass is 32.1. The normalized spacial score (nSPS) is 9.94. The maximum Gasteiger partial charge on any atom is 0.248 e. The molecule has 0 saturated heterocycles. The smallest absolute Gasteiger partial charge is 0.248 e. The number of nitrogens with zero attached hydrogens (tertiary/aromatic N) is 2. The second kappa shape index (κ2) is 11.2. The Balaban J connectivity index is 1.93. The maximum atomic E-state index is 12.3. The minimum absolute atomic E-state index is 0.298. The van der Waals surface area contributed by atoms with Crippen LogP contribution in [0.3, 0.4) is 0 Å². The molecule has 164 valence electrons. The van der Waals surface area contributed by atoms with Gasteiger partial charge in [-0.3, -0.25) is 30.5 Å². The SMILES string of the molecule is COc1ccc(OC)c(C(=S)N(C)NC(=O)CC(=O)NN(C)C(=S)c2ccccc2)c1. The Kier molecular flexibility index (Phi) is 8.71. The number of thiocarbonyl (C=S) groups is 2. The van der Waals surface area contributed by atoms with Crippen molar-refractivity contribution < 1.29 is 19.1 Å². The topological polar surface area (TPSA) is 83.1 Å². The van der Waals surface area contributed by atoms with Crippen molar-refractivity contribution in [1.82, 2.24) is 20.9 Å². The van der Waals surface area contributed by atoms with Crippen LogP contribution in [-0.2, 0) is 9.59 Å². The molecule has 2 aromatic carbocycles. The average Bonchev–Trinajstić information content (AvgIpc) is 2.77. The van der Waals surface area contributed by atoms with Gasteiger partial charge in [0.1, 0.15) is 27.9 Å². The van der Waals surface area contributed by atoms with Gasteiger partial charge >= 0.3 is 0 Å². The summed E-state index contributed by atoms with van der Waals surface area (Å²) in [5.41, 5.74) is 6.50. The summed E-state index contributed by atoms with van der Waals surface area (Å²) in [5.74, 6) is 0.0650. The zero-order valence-corrected chi connectivity index (χ0v) is 19.3. The van der Waals surface area contributed by atoms with Gasteiger partial charge in [0.2, 0.25) is 11.8 Å². The molecule has 2 amide bonds. The summed E-state index contributed by atoms with van der Waals surface area (Å²) >= 11 is 10.8. The van der Waals surface area contributed by atoms with Crippen molar-refractivity contribution >= 4 is 46.2 Å². The van der Waals surface area contributed by atoms with E-state index in [1.165, 1.54) is 17.1 Å². The van der Waals surface area contributed by atoms with E-state index in [9.17, 15) is 9.59 Å². The van der Waals surface area contributed by atoms with Crippen molar-refractivity contribution in [2.45, 2.75) is 6.42 Å². The van der Waals surface area contributed by atoms with Crippen LogP contribution in [0, 0.1) is 0 Å². The number of amides is 2. The number of methoxy groups -OCH3 is 2. The van der Waals surface area contributed by atoms with Crippen LogP contribution in [0.25, 0.3) is 0 Å². The van der Waals surface area contributed by atoms with Crippen LogP contribution in [0.5, 0.6) is 11.5 Å². The van der Waals surface area contributed by atoms with Crippen LogP contribution in [0.4, 0.5) is 0 Å². The highest BCUT2D eigenvalue weighted by molar-refractivity contribution is 7.80. The van der Waals surface area contributed by atoms with Crippen molar-refractivity contribution in [2.24, 2.45) is 0 Å². The first kappa shape index (κ1) is 24.0. The van der Waals surface area contributed by atoms with Gasteiger partial charge in [-0.15, -0.1) is 0 Å². The van der Waals surface area contributed by atoms with Gasteiger partial charge < -0.3 is 9.47 Å². The molecule has 0 saturated carbocycles. The van der Waals surface area contributed by atoms with Crippen LogP contribution in [0.15, 0.2) is 48.5 Å². The van der Waals surface area contributed by atoms with Crippen LogP contribution in [0.1, 0.15) is 17.5 Å². The second-order valence-electron chi connectivity index (χ2n) is 6.41. The molecule has 0 bridgehead atoms. The lowest BCUT2D eigenvalue weighted by atomic mass is 10.2. The van der Waals surface area contributed by atoms with E-state index in [4.69, 9.17) is 33.9 Å². The predicted molar refractivity (Wildman–Crippen MR) is 126 cm³/mol. The lowest BCUT2D eigenvalue weighted by molar-refractivity contribution is -0.132. The van der Waals surface area contributed by atoms with Crippen molar-refractivity contribution in [1.29, 1.82) is 0 Å². The molecule has 0 radical (unpaired) electrons. The summed E-state index contributed by atoms with van der Waals surface area (Å²) in [6.07, 6.45) is -0.413. The van der Waals surface area contributed by atoms with Crippen molar-refractivity contribution in [3.8, 4) is 11.5 Å². The molecular weight excluding hydrogens is 436 g/mol. The van der Waals surface area contributed by atoms with Gasteiger partial charge in [0.25, 0.3) is 0 Å². The Morgan fingerprint density at radius 1 is 0.871 bits per heavy atom. The van der Waals surface area contributed by atoms with Crippen LogP contribution in [-0.4, -0.2) is 60.1 Å². The van der Waals surface area contributed by atoms with Gasteiger partial charge in [-0.2, -0.15) is 0 Å². The second-order valence-corrected chi connectivity index (χ2v) is 7.18. The van der Waals surface area contributed by atoms with E-state index in [0.717, 1.165) is 5.56 Å². The van der Waals surface area contributed by atoms with E-state index in [1.54, 1.807) is 39.4 Å². The number of carbonyl (C=O) groups is 2. The van der Waals surface area contributed by atoms with E-state index < -0.39 is 18.2 Å². The predicted octanol–water partition coefficient (Wildman–Crippen LogP) is 2.07. The summed E-state index contributed by atoms with van der Waals surface area (Å²) in [6, 6.07) is 14.4. The molecule has 2 aromatic rings. The highest BCUT2D eigenvalue weighted by Gasteiger charge is 2.18. The molecule has 0 aromatic heterocycles. The molecule has 0 aliphatic heterocycles. The molecule has 10 heteroatoms. The molecule has 0 fully saturated rings. The molecule has 0 spiro atoms. The Labute approximate surface area is 192 Å². The number of hydrogen-bond donors (Lipinski definition) is 2. The van der Waals surface area contributed by atoms with E-state index >= 15 is 0 Å². The van der Waals surface area contributed by atoms with Crippen molar-refractivity contribution in [3.05, 3.63) is 59.7 Å². The number of hydrazine groups is 2. The van der Waals surface area contributed by atoms with Crippen LogP contribution >= 0.6 is 24.4 Å². The van der Waals surface area contributed by atoms with Gasteiger partial charge in [-0.05, 0) is 18.2 Å². The summed E-state index contributed by atoms with van der Waals surface area (Å²) in [5, 5.41) is 2.75. The van der Waals surface area contributed by atoms with E-state index in [2.05, 4.69) is 10.9 Å². The maximum absolute atomic E-state index is 12.3. The minimum Gasteiger partial charge on any atom is -0.497 e. The fraction of sp³-hybridized carbons (Fsp3) is 0.238. The number of benzene rings is 2. The largest absolute Gasteiger partial charge is 0.497 e. The van der Waals surface area contributed by atoms with Gasteiger partial charge in [0, 0.05) is 19.7 Å². The Hall–Kier alpha value is -3.24. The van der Waals surface area contributed by atoms with Crippen molar-refractivity contribution in [2.75, 3.05) is 28.3 Å². The van der Waals surface area contributed by atoms with E-state index in [0.29, 0.717) is 27.0 Å². The zero-order valence-electron chi connectivity index (χ0n) is 17.7. The van der Waals surface area contributed by atoms with E-state index in [-0.39, 0.29) is 0 Å².